The Morgan fingerprint density at radius 3 is 2.67 bits per heavy atom. The van der Waals surface area contributed by atoms with Crippen molar-refractivity contribution in [2.45, 2.75) is 13.0 Å². The van der Waals surface area contributed by atoms with Crippen molar-refractivity contribution >= 4 is 27.6 Å². The Morgan fingerprint density at radius 2 is 2.05 bits per heavy atom. The molecule has 0 spiro atoms. The molecule has 0 saturated carbocycles. The average molecular weight is 352 g/mol. The topological polar surface area (TPSA) is 38.3 Å². The summed E-state index contributed by atoms with van der Waals surface area (Å²) in [5.41, 5.74) is 2.31. The van der Waals surface area contributed by atoms with Gasteiger partial charge in [0.1, 0.15) is 5.82 Å². The summed E-state index contributed by atoms with van der Waals surface area (Å²) in [7, 11) is 1.32. The van der Waals surface area contributed by atoms with Gasteiger partial charge in [-0.2, -0.15) is 0 Å². The van der Waals surface area contributed by atoms with Gasteiger partial charge in [0.15, 0.2) is 6.04 Å². The molecule has 5 heteroatoms. The number of rotatable bonds is 4. The number of aryl methyl sites for hydroxylation is 1. The van der Waals surface area contributed by atoms with Gasteiger partial charge in [-0.1, -0.05) is 34.1 Å². The van der Waals surface area contributed by atoms with Gasteiger partial charge < -0.3 is 10.1 Å². The van der Waals surface area contributed by atoms with E-state index in [4.69, 9.17) is 4.74 Å². The maximum atomic E-state index is 13.3. The smallest absolute Gasteiger partial charge is 0.333 e. The molecule has 0 aliphatic carbocycles. The number of nitrogens with one attached hydrogen (secondary N) is 1. The van der Waals surface area contributed by atoms with Crippen molar-refractivity contribution in [1.29, 1.82) is 0 Å². The van der Waals surface area contributed by atoms with Crippen molar-refractivity contribution in [1.82, 2.24) is 0 Å². The zero-order valence-corrected chi connectivity index (χ0v) is 13.3. The lowest BCUT2D eigenvalue weighted by Gasteiger charge is -2.19. The summed E-state index contributed by atoms with van der Waals surface area (Å²) in [6, 6.07) is 10.9. The van der Waals surface area contributed by atoms with E-state index >= 15 is 0 Å². The number of anilines is 1. The highest BCUT2D eigenvalue weighted by atomic mass is 79.9. The second kappa shape index (κ2) is 6.72. The fraction of sp³-hybridized carbons (Fsp3) is 0.188. The van der Waals surface area contributed by atoms with Gasteiger partial charge in [0.25, 0.3) is 0 Å². The lowest BCUT2D eigenvalue weighted by atomic mass is 10.0. The second-order valence-electron chi connectivity index (χ2n) is 4.64. The highest BCUT2D eigenvalue weighted by Crippen LogP contribution is 2.28. The van der Waals surface area contributed by atoms with Gasteiger partial charge in [0.05, 0.1) is 7.11 Å². The fourth-order valence-electron chi connectivity index (χ4n) is 1.99. The molecule has 0 bridgehead atoms. The Hall–Kier alpha value is -1.88. The third kappa shape index (κ3) is 3.82. The highest BCUT2D eigenvalue weighted by molar-refractivity contribution is 9.10. The van der Waals surface area contributed by atoms with Crippen LogP contribution in [-0.4, -0.2) is 13.1 Å². The Balaban J connectivity index is 2.37. The largest absolute Gasteiger partial charge is 0.467 e. The molecule has 2 aromatic carbocycles. The first-order chi connectivity index (χ1) is 10.0. The minimum absolute atomic E-state index is 0.369. The Morgan fingerprint density at radius 1 is 1.29 bits per heavy atom. The zero-order chi connectivity index (χ0) is 15.4. The van der Waals surface area contributed by atoms with E-state index in [2.05, 4.69) is 21.2 Å². The van der Waals surface area contributed by atoms with Gasteiger partial charge in [-0.05, 0) is 42.3 Å². The average Bonchev–Trinajstić information content (AvgIpc) is 2.45. The first kappa shape index (κ1) is 15.5. The van der Waals surface area contributed by atoms with Gasteiger partial charge >= 0.3 is 5.97 Å². The molecule has 110 valence electrons. The Bertz CT molecular complexity index is 660. The first-order valence-corrected chi connectivity index (χ1v) is 7.16. The number of benzene rings is 2. The second-order valence-corrected chi connectivity index (χ2v) is 5.49. The molecule has 0 amide bonds. The van der Waals surface area contributed by atoms with E-state index in [1.165, 1.54) is 19.2 Å². The van der Waals surface area contributed by atoms with Gasteiger partial charge in [0, 0.05) is 10.2 Å². The van der Waals surface area contributed by atoms with E-state index < -0.39 is 12.0 Å². The van der Waals surface area contributed by atoms with Crippen LogP contribution in [0.25, 0.3) is 0 Å². The van der Waals surface area contributed by atoms with Crippen molar-refractivity contribution in [2.24, 2.45) is 0 Å². The SMILES string of the molecule is COC(=O)C(Nc1cccc(F)c1)c1ccc(C)cc1Br. The number of halogens is 2. The molecule has 1 atom stereocenters. The molecule has 1 N–H and O–H groups in total. The van der Waals surface area contributed by atoms with Crippen molar-refractivity contribution in [3.05, 3.63) is 63.9 Å². The minimum atomic E-state index is -0.716. The van der Waals surface area contributed by atoms with Crippen LogP contribution in [0, 0.1) is 12.7 Å². The predicted molar refractivity (Wildman–Crippen MR) is 83.7 cm³/mol. The van der Waals surface area contributed by atoms with E-state index in [-0.39, 0.29) is 5.82 Å². The number of hydrogen-bond acceptors (Lipinski definition) is 3. The van der Waals surface area contributed by atoms with E-state index in [0.29, 0.717) is 5.69 Å². The lowest BCUT2D eigenvalue weighted by Crippen LogP contribution is -2.22. The molecule has 0 aromatic heterocycles. The number of carbonyl (C=O) groups excluding carboxylic acids is 1. The van der Waals surface area contributed by atoms with Crippen LogP contribution < -0.4 is 5.32 Å². The molecule has 1 unspecified atom stereocenters. The van der Waals surface area contributed by atoms with E-state index in [1.54, 1.807) is 12.1 Å². The van der Waals surface area contributed by atoms with Gasteiger partial charge in [0.2, 0.25) is 0 Å². The van der Waals surface area contributed by atoms with Crippen LogP contribution in [0.2, 0.25) is 0 Å². The van der Waals surface area contributed by atoms with Gasteiger partial charge in [-0.3, -0.25) is 0 Å². The number of hydrogen-bond donors (Lipinski definition) is 1. The molecule has 0 heterocycles. The minimum Gasteiger partial charge on any atom is -0.467 e. The van der Waals surface area contributed by atoms with Crippen LogP contribution >= 0.6 is 15.9 Å². The van der Waals surface area contributed by atoms with Crippen LogP contribution in [-0.2, 0) is 9.53 Å². The van der Waals surface area contributed by atoms with E-state index in [9.17, 15) is 9.18 Å². The first-order valence-electron chi connectivity index (χ1n) is 6.37. The van der Waals surface area contributed by atoms with Crippen LogP contribution in [0.15, 0.2) is 46.9 Å². The summed E-state index contributed by atoms with van der Waals surface area (Å²) in [5.74, 6) is -0.810. The van der Waals surface area contributed by atoms with Crippen molar-refractivity contribution in [3.63, 3.8) is 0 Å². The normalized spacial score (nSPS) is 11.8. The summed E-state index contributed by atoms with van der Waals surface area (Å²) in [4.78, 5) is 12.0. The van der Waals surface area contributed by atoms with E-state index in [0.717, 1.165) is 15.6 Å². The lowest BCUT2D eigenvalue weighted by molar-refractivity contribution is -0.141. The number of carbonyl (C=O) groups is 1. The molecular weight excluding hydrogens is 337 g/mol. The molecule has 0 radical (unpaired) electrons. The van der Waals surface area contributed by atoms with Crippen molar-refractivity contribution in [2.75, 3.05) is 12.4 Å². The molecule has 0 aliphatic heterocycles. The maximum Gasteiger partial charge on any atom is 0.333 e. The molecule has 3 nitrogen and oxygen atoms in total. The Labute approximate surface area is 131 Å². The summed E-state index contributed by atoms with van der Waals surface area (Å²) < 4.78 is 18.9. The molecule has 21 heavy (non-hydrogen) atoms. The quantitative estimate of drug-likeness (QED) is 0.838. The fourth-order valence-corrected chi connectivity index (χ4v) is 2.71. The Kier molecular flexibility index (Phi) is 4.96. The molecule has 0 aliphatic rings. The summed E-state index contributed by atoms with van der Waals surface area (Å²) in [6.07, 6.45) is 0. The standard InChI is InChI=1S/C16H15BrFNO2/c1-10-6-7-13(14(17)8-10)15(16(20)21-2)19-12-5-3-4-11(18)9-12/h3-9,15,19H,1-2H3. The number of ether oxygens (including phenoxy) is 1. The maximum absolute atomic E-state index is 13.3. The van der Waals surface area contributed by atoms with Crippen LogP contribution in [0.5, 0.6) is 0 Å². The molecule has 0 fully saturated rings. The number of methoxy groups -OCH3 is 1. The van der Waals surface area contributed by atoms with Crippen molar-refractivity contribution in [3.8, 4) is 0 Å². The predicted octanol–water partition coefficient (Wildman–Crippen LogP) is 4.22. The van der Waals surface area contributed by atoms with Gasteiger partial charge in [-0.15, -0.1) is 0 Å². The third-order valence-corrected chi connectivity index (χ3v) is 3.73. The molecule has 0 saturated heterocycles. The molecule has 2 aromatic rings. The van der Waals surface area contributed by atoms with Crippen LogP contribution in [0.1, 0.15) is 17.2 Å². The van der Waals surface area contributed by atoms with Crippen LogP contribution in [0.4, 0.5) is 10.1 Å². The zero-order valence-electron chi connectivity index (χ0n) is 11.7. The molecular formula is C16H15BrFNO2. The van der Waals surface area contributed by atoms with E-state index in [1.807, 2.05) is 25.1 Å². The third-order valence-electron chi connectivity index (χ3n) is 3.04. The van der Waals surface area contributed by atoms with Crippen molar-refractivity contribution < 1.29 is 13.9 Å². The summed E-state index contributed by atoms with van der Waals surface area (Å²) in [6.45, 7) is 1.96. The highest BCUT2D eigenvalue weighted by Gasteiger charge is 2.23. The van der Waals surface area contributed by atoms with Crippen LogP contribution in [0.3, 0.4) is 0 Å². The summed E-state index contributed by atoms with van der Waals surface area (Å²) in [5, 5.41) is 3.00. The van der Waals surface area contributed by atoms with Gasteiger partial charge in [-0.25, -0.2) is 9.18 Å². The molecule has 2 rings (SSSR count). The monoisotopic (exact) mass is 351 g/mol. The summed E-state index contributed by atoms with van der Waals surface area (Å²) >= 11 is 3.45. The number of esters is 1.